The predicted octanol–water partition coefficient (Wildman–Crippen LogP) is 2.02. The predicted molar refractivity (Wildman–Crippen MR) is 77.6 cm³/mol. The number of carbonyl (C=O) groups excluding carboxylic acids is 2. The molecule has 5 nitrogen and oxygen atoms in total. The van der Waals surface area contributed by atoms with Gasteiger partial charge in [0.15, 0.2) is 0 Å². The minimum absolute atomic E-state index is 0.171. The highest BCUT2D eigenvalue weighted by Gasteiger charge is 2.35. The maximum Gasteiger partial charge on any atom is 0.410 e. The van der Waals surface area contributed by atoms with E-state index in [-0.39, 0.29) is 18.0 Å². The topological polar surface area (TPSA) is 49.9 Å². The van der Waals surface area contributed by atoms with Gasteiger partial charge in [-0.1, -0.05) is 30.3 Å². The normalized spacial score (nSPS) is 21.9. The van der Waals surface area contributed by atoms with Crippen LogP contribution in [-0.4, -0.2) is 47.5 Å². The second-order valence-electron chi connectivity index (χ2n) is 5.62. The first kappa shape index (κ1) is 13.9. The Labute approximate surface area is 124 Å². The molecule has 0 aromatic heterocycles. The molecule has 2 fully saturated rings. The van der Waals surface area contributed by atoms with Gasteiger partial charge < -0.3 is 14.5 Å². The van der Waals surface area contributed by atoms with Crippen LogP contribution in [-0.2, 0) is 16.1 Å². The average molecular weight is 288 g/mol. The standard InChI is InChI=1S/C16H20N2O3/c19-15-8-4-7-14-11-17(9-10-18(14)15)16(20)21-12-13-5-2-1-3-6-13/h1-3,5-6,14H,4,7-12H2/t14-/m1/s1. The molecular weight excluding hydrogens is 268 g/mol. The molecule has 0 radical (unpaired) electrons. The summed E-state index contributed by atoms with van der Waals surface area (Å²) in [7, 11) is 0. The van der Waals surface area contributed by atoms with Gasteiger partial charge in [-0.25, -0.2) is 4.79 Å². The van der Waals surface area contributed by atoms with Crippen LogP contribution in [0.4, 0.5) is 4.79 Å². The van der Waals surface area contributed by atoms with E-state index in [9.17, 15) is 9.59 Å². The van der Waals surface area contributed by atoms with Gasteiger partial charge in [-0.05, 0) is 18.4 Å². The Kier molecular flexibility index (Phi) is 4.08. The van der Waals surface area contributed by atoms with Crippen LogP contribution in [0, 0.1) is 0 Å². The van der Waals surface area contributed by atoms with Gasteiger partial charge in [0.25, 0.3) is 0 Å². The van der Waals surface area contributed by atoms with Crippen LogP contribution < -0.4 is 0 Å². The largest absolute Gasteiger partial charge is 0.445 e. The van der Waals surface area contributed by atoms with Crippen LogP contribution in [0.15, 0.2) is 30.3 Å². The van der Waals surface area contributed by atoms with Crippen LogP contribution >= 0.6 is 0 Å². The van der Waals surface area contributed by atoms with E-state index >= 15 is 0 Å². The van der Waals surface area contributed by atoms with Gasteiger partial charge in [0.2, 0.25) is 5.91 Å². The number of hydrogen-bond donors (Lipinski definition) is 0. The third-order valence-electron chi connectivity index (χ3n) is 4.19. The molecule has 2 saturated heterocycles. The van der Waals surface area contributed by atoms with Crippen molar-refractivity contribution in [3.05, 3.63) is 35.9 Å². The van der Waals surface area contributed by atoms with E-state index in [1.54, 1.807) is 4.90 Å². The summed E-state index contributed by atoms with van der Waals surface area (Å²) < 4.78 is 5.36. The van der Waals surface area contributed by atoms with E-state index in [0.29, 0.717) is 32.7 Å². The number of benzene rings is 1. The Hall–Kier alpha value is -2.04. The molecule has 112 valence electrons. The molecule has 1 atom stereocenters. The van der Waals surface area contributed by atoms with Crippen molar-refractivity contribution in [2.45, 2.75) is 31.9 Å². The lowest BCUT2D eigenvalue weighted by molar-refractivity contribution is -0.139. The summed E-state index contributed by atoms with van der Waals surface area (Å²) >= 11 is 0. The number of piperidine rings is 1. The summed E-state index contributed by atoms with van der Waals surface area (Å²) in [5.74, 6) is 0.226. The molecule has 1 aromatic rings. The molecule has 2 amide bonds. The Balaban J connectivity index is 1.53. The van der Waals surface area contributed by atoms with Crippen molar-refractivity contribution in [3.63, 3.8) is 0 Å². The second kappa shape index (κ2) is 6.16. The first-order chi connectivity index (χ1) is 10.2. The molecule has 2 heterocycles. The fraction of sp³-hybridized carbons (Fsp3) is 0.500. The number of rotatable bonds is 2. The maximum atomic E-state index is 12.1. The maximum absolute atomic E-state index is 12.1. The van der Waals surface area contributed by atoms with Gasteiger partial charge in [0.1, 0.15) is 6.61 Å². The molecule has 1 aromatic carbocycles. The van der Waals surface area contributed by atoms with Gasteiger partial charge in [-0.3, -0.25) is 4.79 Å². The van der Waals surface area contributed by atoms with Crippen molar-refractivity contribution in [3.8, 4) is 0 Å². The quantitative estimate of drug-likeness (QED) is 0.836. The Morgan fingerprint density at radius 2 is 2.05 bits per heavy atom. The molecule has 5 heteroatoms. The molecule has 2 aliphatic heterocycles. The van der Waals surface area contributed by atoms with Crippen LogP contribution in [0.25, 0.3) is 0 Å². The first-order valence-corrected chi connectivity index (χ1v) is 7.49. The van der Waals surface area contributed by atoms with Crippen LogP contribution in [0.1, 0.15) is 24.8 Å². The van der Waals surface area contributed by atoms with Crippen molar-refractivity contribution in [2.24, 2.45) is 0 Å². The number of carbonyl (C=O) groups is 2. The highest BCUT2D eigenvalue weighted by Crippen LogP contribution is 2.22. The molecule has 0 N–H and O–H groups in total. The number of nitrogens with zero attached hydrogens (tertiary/aromatic N) is 2. The van der Waals surface area contributed by atoms with Gasteiger partial charge in [-0.2, -0.15) is 0 Å². The van der Waals surface area contributed by atoms with E-state index < -0.39 is 0 Å². The summed E-state index contributed by atoms with van der Waals surface area (Å²) in [6.45, 7) is 2.09. The number of hydrogen-bond acceptors (Lipinski definition) is 3. The summed E-state index contributed by atoms with van der Waals surface area (Å²) in [4.78, 5) is 27.6. The molecule has 2 aliphatic rings. The number of piperazine rings is 1. The molecule has 3 rings (SSSR count). The summed E-state index contributed by atoms with van der Waals surface area (Å²) in [5, 5.41) is 0. The van der Waals surface area contributed by atoms with Crippen molar-refractivity contribution in [2.75, 3.05) is 19.6 Å². The Morgan fingerprint density at radius 3 is 2.86 bits per heavy atom. The zero-order valence-corrected chi connectivity index (χ0v) is 12.0. The van der Waals surface area contributed by atoms with Crippen molar-refractivity contribution in [1.29, 1.82) is 0 Å². The third kappa shape index (κ3) is 3.17. The van der Waals surface area contributed by atoms with Crippen molar-refractivity contribution >= 4 is 12.0 Å². The van der Waals surface area contributed by atoms with Gasteiger partial charge in [-0.15, -0.1) is 0 Å². The van der Waals surface area contributed by atoms with Gasteiger partial charge in [0, 0.05) is 32.1 Å². The zero-order valence-electron chi connectivity index (χ0n) is 12.0. The molecule has 0 aliphatic carbocycles. The SMILES string of the molecule is O=C(OCc1ccccc1)N1CCN2C(=O)CCC[C@@H]2C1. The van der Waals surface area contributed by atoms with Crippen LogP contribution in [0.5, 0.6) is 0 Å². The van der Waals surface area contributed by atoms with E-state index in [1.165, 1.54) is 0 Å². The van der Waals surface area contributed by atoms with Gasteiger partial charge in [0.05, 0.1) is 0 Å². The highest BCUT2D eigenvalue weighted by molar-refractivity contribution is 5.78. The fourth-order valence-corrected chi connectivity index (χ4v) is 3.04. The highest BCUT2D eigenvalue weighted by atomic mass is 16.6. The third-order valence-corrected chi connectivity index (χ3v) is 4.19. The number of amides is 2. The van der Waals surface area contributed by atoms with Crippen molar-refractivity contribution in [1.82, 2.24) is 9.80 Å². The van der Waals surface area contributed by atoms with Crippen LogP contribution in [0.3, 0.4) is 0 Å². The lowest BCUT2D eigenvalue weighted by Gasteiger charge is -2.43. The second-order valence-corrected chi connectivity index (χ2v) is 5.62. The molecule has 0 bridgehead atoms. The van der Waals surface area contributed by atoms with E-state index in [2.05, 4.69) is 0 Å². The number of fused-ring (bicyclic) bond motifs is 1. The average Bonchev–Trinajstić information content (AvgIpc) is 2.53. The summed E-state index contributed by atoms with van der Waals surface area (Å²) in [6.07, 6.45) is 2.27. The molecule has 0 unspecified atom stereocenters. The van der Waals surface area contributed by atoms with Gasteiger partial charge >= 0.3 is 6.09 Å². The molecule has 0 spiro atoms. The zero-order chi connectivity index (χ0) is 14.7. The lowest BCUT2D eigenvalue weighted by Crippen LogP contribution is -2.58. The molecule has 21 heavy (non-hydrogen) atoms. The lowest BCUT2D eigenvalue weighted by atomic mass is 9.99. The van der Waals surface area contributed by atoms with E-state index in [4.69, 9.17) is 4.74 Å². The van der Waals surface area contributed by atoms with E-state index in [0.717, 1.165) is 18.4 Å². The Morgan fingerprint density at radius 1 is 1.24 bits per heavy atom. The minimum Gasteiger partial charge on any atom is -0.445 e. The van der Waals surface area contributed by atoms with Crippen LogP contribution in [0.2, 0.25) is 0 Å². The summed E-state index contributed by atoms with van der Waals surface area (Å²) in [6, 6.07) is 9.83. The van der Waals surface area contributed by atoms with E-state index in [1.807, 2.05) is 35.2 Å². The Bertz CT molecular complexity index is 518. The first-order valence-electron chi connectivity index (χ1n) is 7.49. The minimum atomic E-state index is -0.281. The number of ether oxygens (including phenoxy) is 1. The smallest absolute Gasteiger partial charge is 0.410 e. The molecular formula is C16H20N2O3. The molecule has 0 saturated carbocycles. The summed E-state index contributed by atoms with van der Waals surface area (Å²) in [5.41, 5.74) is 0.984. The van der Waals surface area contributed by atoms with Crippen molar-refractivity contribution < 1.29 is 14.3 Å². The monoisotopic (exact) mass is 288 g/mol. The fourth-order valence-electron chi connectivity index (χ4n) is 3.04.